The largest absolute Gasteiger partial charge is 0.381 e. The molecule has 0 saturated carbocycles. The summed E-state index contributed by atoms with van der Waals surface area (Å²) in [4.78, 5) is 0. The molecule has 19 heavy (non-hydrogen) atoms. The van der Waals surface area contributed by atoms with E-state index in [-0.39, 0.29) is 16.1 Å². The molecule has 0 heterocycles. The third-order valence-electron chi connectivity index (χ3n) is 2.95. The Morgan fingerprint density at radius 1 is 1.21 bits per heavy atom. The van der Waals surface area contributed by atoms with Crippen molar-refractivity contribution in [1.29, 1.82) is 0 Å². The summed E-state index contributed by atoms with van der Waals surface area (Å²) in [5, 5.41) is 10.4. The van der Waals surface area contributed by atoms with Gasteiger partial charge < -0.3 is 5.11 Å². The topological polar surface area (TPSA) is 20.2 Å². The lowest BCUT2D eigenvalue weighted by molar-refractivity contribution is 0.0976. The van der Waals surface area contributed by atoms with Crippen molar-refractivity contribution in [2.45, 2.75) is 12.5 Å². The van der Waals surface area contributed by atoms with E-state index in [0.717, 1.165) is 6.07 Å². The fourth-order valence-corrected chi connectivity index (χ4v) is 2.32. The van der Waals surface area contributed by atoms with Gasteiger partial charge in [-0.05, 0) is 46.6 Å². The van der Waals surface area contributed by atoms with Crippen LogP contribution in [-0.4, -0.2) is 5.11 Å². The van der Waals surface area contributed by atoms with Gasteiger partial charge in [0.15, 0.2) is 0 Å². The summed E-state index contributed by atoms with van der Waals surface area (Å²) in [6.45, 7) is 1.39. The minimum atomic E-state index is -1.67. The van der Waals surface area contributed by atoms with Crippen molar-refractivity contribution in [2.24, 2.45) is 0 Å². The average Bonchev–Trinajstić information content (AvgIpc) is 2.36. The SMILES string of the molecule is CC(O)(c1cccc(F)c1)c1ccc(Br)c(Cl)c1F. The van der Waals surface area contributed by atoms with Crippen molar-refractivity contribution >= 4 is 27.5 Å². The van der Waals surface area contributed by atoms with E-state index in [2.05, 4.69) is 15.9 Å². The van der Waals surface area contributed by atoms with Gasteiger partial charge in [-0.2, -0.15) is 0 Å². The highest BCUT2D eigenvalue weighted by atomic mass is 79.9. The molecule has 1 atom stereocenters. The van der Waals surface area contributed by atoms with Crippen LogP contribution in [0.2, 0.25) is 5.02 Å². The molecule has 5 heteroatoms. The first-order chi connectivity index (χ1) is 8.84. The predicted molar refractivity (Wildman–Crippen MR) is 74.2 cm³/mol. The standard InChI is InChI=1S/C14H10BrClF2O/c1-14(19,8-3-2-4-9(17)7-8)10-5-6-11(15)12(16)13(10)18/h2-7,19H,1H3. The van der Waals surface area contributed by atoms with E-state index in [1.807, 2.05) is 0 Å². The molecule has 0 bridgehead atoms. The van der Waals surface area contributed by atoms with E-state index >= 15 is 0 Å². The molecule has 0 spiro atoms. The highest BCUT2D eigenvalue weighted by Crippen LogP contribution is 2.36. The van der Waals surface area contributed by atoms with Gasteiger partial charge in [0, 0.05) is 10.0 Å². The Kier molecular flexibility index (Phi) is 3.95. The second-order valence-corrected chi connectivity index (χ2v) is 5.54. The zero-order chi connectivity index (χ0) is 14.2. The van der Waals surface area contributed by atoms with Crippen LogP contribution in [0, 0.1) is 11.6 Å². The number of hydrogen-bond acceptors (Lipinski definition) is 1. The minimum Gasteiger partial charge on any atom is -0.381 e. The number of hydrogen-bond donors (Lipinski definition) is 1. The fourth-order valence-electron chi connectivity index (χ4n) is 1.85. The Morgan fingerprint density at radius 2 is 1.89 bits per heavy atom. The van der Waals surface area contributed by atoms with Crippen LogP contribution in [0.3, 0.4) is 0 Å². The maximum Gasteiger partial charge on any atom is 0.149 e. The zero-order valence-electron chi connectivity index (χ0n) is 9.92. The molecule has 1 nitrogen and oxygen atoms in total. The van der Waals surface area contributed by atoms with E-state index in [9.17, 15) is 13.9 Å². The van der Waals surface area contributed by atoms with Gasteiger partial charge in [-0.15, -0.1) is 0 Å². The van der Waals surface area contributed by atoms with Crippen LogP contribution in [0.25, 0.3) is 0 Å². The van der Waals surface area contributed by atoms with Gasteiger partial charge in [-0.1, -0.05) is 29.8 Å². The fraction of sp³-hybridized carbons (Fsp3) is 0.143. The van der Waals surface area contributed by atoms with Crippen molar-refractivity contribution in [1.82, 2.24) is 0 Å². The first kappa shape index (κ1) is 14.4. The minimum absolute atomic E-state index is 0.00806. The lowest BCUT2D eigenvalue weighted by Gasteiger charge is -2.25. The normalized spacial score (nSPS) is 14.2. The monoisotopic (exact) mass is 346 g/mol. The molecule has 1 N–H and O–H groups in total. The smallest absolute Gasteiger partial charge is 0.149 e. The van der Waals surface area contributed by atoms with Crippen LogP contribution in [0.1, 0.15) is 18.1 Å². The maximum atomic E-state index is 14.1. The van der Waals surface area contributed by atoms with E-state index < -0.39 is 17.2 Å². The molecule has 0 aliphatic heterocycles. The third-order valence-corrected chi connectivity index (χ3v) is 4.20. The Bertz CT molecular complexity index is 629. The summed E-state index contributed by atoms with van der Waals surface area (Å²) in [6, 6.07) is 8.35. The Hall–Kier alpha value is -0.970. The first-order valence-corrected chi connectivity index (χ1v) is 6.63. The molecule has 0 amide bonds. The zero-order valence-corrected chi connectivity index (χ0v) is 12.3. The summed E-state index contributed by atoms with van der Waals surface area (Å²) in [5.74, 6) is -1.23. The third kappa shape index (κ3) is 2.66. The second-order valence-electron chi connectivity index (χ2n) is 4.31. The molecule has 0 radical (unpaired) electrons. The summed E-state index contributed by atoms with van der Waals surface area (Å²) < 4.78 is 27.7. The van der Waals surface area contributed by atoms with Crippen LogP contribution >= 0.6 is 27.5 Å². The molecular formula is C14H10BrClF2O. The van der Waals surface area contributed by atoms with E-state index in [0.29, 0.717) is 4.47 Å². The molecule has 0 aliphatic rings. The highest BCUT2D eigenvalue weighted by molar-refractivity contribution is 9.10. The second kappa shape index (κ2) is 5.19. The van der Waals surface area contributed by atoms with Gasteiger partial charge >= 0.3 is 0 Å². The van der Waals surface area contributed by atoms with Crippen LogP contribution in [-0.2, 0) is 5.60 Å². The molecule has 0 fully saturated rings. The Morgan fingerprint density at radius 3 is 2.53 bits per heavy atom. The predicted octanol–water partition coefficient (Wildman–Crippen LogP) is 4.64. The Balaban J connectivity index is 2.60. The molecule has 1 unspecified atom stereocenters. The summed E-state index contributed by atoms with van der Waals surface area (Å²) >= 11 is 8.90. The van der Waals surface area contributed by atoms with Gasteiger partial charge in [0.1, 0.15) is 17.2 Å². The van der Waals surface area contributed by atoms with Crippen LogP contribution < -0.4 is 0 Å². The molecule has 2 aromatic rings. The Labute approximate surface area is 123 Å². The van der Waals surface area contributed by atoms with Crippen molar-refractivity contribution in [3.8, 4) is 0 Å². The van der Waals surface area contributed by atoms with E-state index in [1.54, 1.807) is 0 Å². The number of halogens is 4. The summed E-state index contributed by atoms with van der Waals surface area (Å²) in [6.07, 6.45) is 0. The number of benzene rings is 2. The van der Waals surface area contributed by atoms with Gasteiger partial charge in [0.2, 0.25) is 0 Å². The molecule has 0 aromatic heterocycles. The molecular weight excluding hydrogens is 338 g/mol. The summed E-state index contributed by atoms with van der Waals surface area (Å²) in [7, 11) is 0. The van der Waals surface area contributed by atoms with Gasteiger partial charge in [-0.25, -0.2) is 8.78 Å². The first-order valence-electron chi connectivity index (χ1n) is 5.46. The molecule has 0 aliphatic carbocycles. The highest BCUT2D eigenvalue weighted by Gasteiger charge is 2.30. The van der Waals surface area contributed by atoms with Gasteiger partial charge in [0.25, 0.3) is 0 Å². The van der Waals surface area contributed by atoms with Crippen molar-refractivity contribution in [3.63, 3.8) is 0 Å². The van der Waals surface area contributed by atoms with Gasteiger partial charge in [0.05, 0.1) is 5.02 Å². The van der Waals surface area contributed by atoms with Crippen molar-refractivity contribution < 1.29 is 13.9 Å². The van der Waals surface area contributed by atoms with Crippen molar-refractivity contribution in [2.75, 3.05) is 0 Å². The molecule has 2 aromatic carbocycles. The molecule has 2 rings (SSSR count). The lowest BCUT2D eigenvalue weighted by atomic mass is 9.88. The van der Waals surface area contributed by atoms with Crippen LogP contribution in [0.5, 0.6) is 0 Å². The van der Waals surface area contributed by atoms with E-state index in [1.165, 1.54) is 37.3 Å². The average molecular weight is 348 g/mol. The van der Waals surface area contributed by atoms with Gasteiger partial charge in [-0.3, -0.25) is 0 Å². The summed E-state index contributed by atoms with van der Waals surface area (Å²) in [5.41, 5.74) is -1.42. The van der Waals surface area contributed by atoms with Crippen molar-refractivity contribution in [3.05, 3.63) is 68.7 Å². The lowest BCUT2D eigenvalue weighted by Crippen LogP contribution is -2.24. The van der Waals surface area contributed by atoms with Crippen LogP contribution in [0.15, 0.2) is 40.9 Å². The number of aliphatic hydroxyl groups is 1. The quantitative estimate of drug-likeness (QED) is 0.785. The van der Waals surface area contributed by atoms with Crippen LogP contribution in [0.4, 0.5) is 8.78 Å². The molecule has 0 saturated heterocycles. The molecule has 100 valence electrons. The maximum absolute atomic E-state index is 14.1. The van der Waals surface area contributed by atoms with E-state index in [4.69, 9.17) is 11.6 Å². The number of rotatable bonds is 2.